The number of hydrogen-bond acceptors (Lipinski definition) is 4. The van der Waals surface area contributed by atoms with Crippen LogP contribution in [0.1, 0.15) is 48.6 Å². The number of fused-ring (bicyclic) bond motifs is 1. The van der Waals surface area contributed by atoms with Gasteiger partial charge in [0.2, 0.25) is 0 Å². The minimum atomic E-state index is -3.94. The van der Waals surface area contributed by atoms with Gasteiger partial charge in [-0.2, -0.15) is 0 Å². The molecule has 0 aliphatic heterocycles. The van der Waals surface area contributed by atoms with Crippen LogP contribution in [-0.2, 0) is 11.0 Å². The van der Waals surface area contributed by atoms with Crippen LogP contribution in [0.3, 0.4) is 0 Å². The van der Waals surface area contributed by atoms with Crippen LogP contribution in [0.25, 0.3) is 16.9 Å². The van der Waals surface area contributed by atoms with Crippen LogP contribution < -0.4 is 0 Å². The Balaban J connectivity index is 1.41. The molecule has 0 spiro atoms. The van der Waals surface area contributed by atoms with E-state index in [9.17, 15) is 14.4 Å². The molecule has 0 saturated heterocycles. The Labute approximate surface area is 203 Å². The number of hydrogen-bond donors (Lipinski definition) is 2. The maximum atomic E-state index is 11.3. The number of imidazole rings is 1. The van der Waals surface area contributed by atoms with Crippen LogP contribution in [0, 0.1) is 5.92 Å². The molecule has 176 valence electrons. The van der Waals surface area contributed by atoms with Crippen molar-refractivity contribution in [2.75, 3.05) is 6.16 Å². The van der Waals surface area contributed by atoms with Gasteiger partial charge >= 0.3 is 7.60 Å². The van der Waals surface area contributed by atoms with Crippen molar-refractivity contribution in [1.29, 1.82) is 0 Å². The lowest BCUT2D eigenvalue weighted by Crippen LogP contribution is -2.16. The van der Waals surface area contributed by atoms with Gasteiger partial charge in [-0.05, 0) is 60.8 Å². The molecule has 4 aromatic rings. The van der Waals surface area contributed by atoms with E-state index in [0.29, 0.717) is 28.7 Å². The highest BCUT2D eigenvalue weighted by Crippen LogP contribution is 2.44. The van der Waals surface area contributed by atoms with E-state index in [4.69, 9.17) is 16.6 Å². The molecule has 9 heteroatoms. The lowest BCUT2D eigenvalue weighted by atomic mass is 9.79. The molecule has 1 aliphatic carbocycles. The predicted molar refractivity (Wildman–Crippen MR) is 133 cm³/mol. The molecular formula is C25H26ClN4O3P. The number of rotatable bonds is 6. The summed E-state index contributed by atoms with van der Waals surface area (Å²) in [4.78, 5) is 31.9. The Morgan fingerprint density at radius 1 is 0.971 bits per heavy atom. The van der Waals surface area contributed by atoms with E-state index in [1.54, 1.807) is 0 Å². The summed E-state index contributed by atoms with van der Waals surface area (Å²) in [6.45, 7) is 0. The van der Waals surface area contributed by atoms with Crippen molar-refractivity contribution in [3.05, 3.63) is 83.0 Å². The summed E-state index contributed by atoms with van der Waals surface area (Å²) >= 11 is 6.34. The maximum Gasteiger partial charge on any atom is 0.325 e. The van der Waals surface area contributed by atoms with Crippen LogP contribution in [0.2, 0.25) is 5.15 Å². The van der Waals surface area contributed by atoms with E-state index in [1.807, 2.05) is 22.8 Å². The van der Waals surface area contributed by atoms with Gasteiger partial charge in [-0.1, -0.05) is 54.1 Å². The van der Waals surface area contributed by atoms with Crippen LogP contribution in [0.5, 0.6) is 0 Å². The predicted octanol–water partition coefficient (Wildman–Crippen LogP) is 5.51. The van der Waals surface area contributed by atoms with E-state index in [0.717, 1.165) is 42.8 Å². The molecule has 2 N–H and O–H groups in total. The van der Waals surface area contributed by atoms with Crippen LogP contribution in [-0.4, -0.2) is 35.5 Å². The lowest BCUT2D eigenvalue weighted by Gasteiger charge is -2.29. The number of aromatic nitrogens is 4. The Morgan fingerprint density at radius 2 is 1.68 bits per heavy atom. The number of halogens is 1. The first-order valence-electron chi connectivity index (χ1n) is 11.4. The first-order chi connectivity index (χ1) is 16.4. The summed E-state index contributed by atoms with van der Waals surface area (Å²) in [6.07, 6.45) is 5.68. The molecule has 0 bridgehead atoms. The van der Waals surface area contributed by atoms with E-state index in [1.165, 1.54) is 11.9 Å². The topological polar surface area (TPSA) is 101 Å². The second-order valence-corrected chi connectivity index (χ2v) is 11.1. The van der Waals surface area contributed by atoms with Crippen LogP contribution in [0.15, 0.2) is 60.9 Å². The highest BCUT2D eigenvalue weighted by Gasteiger charge is 2.27. The normalized spacial score (nSPS) is 18.9. The quantitative estimate of drug-likeness (QED) is 0.269. The minimum Gasteiger partial charge on any atom is -0.324 e. The molecular weight excluding hydrogens is 471 g/mol. The second-order valence-electron chi connectivity index (χ2n) is 9.02. The van der Waals surface area contributed by atoms with Gasteiger partial charge < -0.3 is 9.79 Å². The first kappa shape index (κ1) is 23.2. The van der Waals surface area contributed by atoms with E-state index >= 15 is 0 Å². The van der Waals surface area contributed by atoms with Crippen molar-refractivity contribution < 1.29 is 14.4 Å². The average Bonchev–Trinajstić information content (AvgIpc) is 3.19. The van der Waals surface area contributed by atoms with Crippen molar-refractivity contribution >= 4 is 30.4 Å². The Bertz CT molecular complexity index is 1330. The lowest BCUT2D eigenvalue weighted by molar-refractivity contribution is 0.316. The van der Waals surface area contributed by atoms with E-state index in [-0.39, 0.29) is 12.1 Å². The molecule has 0 unspecified atom stereocenters. The smallest absolute Gasteiger partial charge is 0.324 e. The van der Waals surface area contributed by atoms with Gasteiger partial charge in [0.05, 0.1) is 6.16 Å². The third kappa shape index (κ3) is 5.08. The Morgan fingerprint density at radius 3 is 2.35 bits per heavy atom. The Hall–Kier alpha value is -2.57. The molecule has 0 atom stereocenters. The summed E-state index contributed by atoms with van der Waals surface area (Å²) in [5, 5.41) is 0.335. The SMILES string of the molecule is O=P(O)(O)C[C@H]1CC[C@H](c2ccc(-n3c(Cc4ccccc4)nc4c(Cl)ncnc43)cc2)CC1. The van der Waals surface area contributed by atoms with Crippen LogP contribution in [0.4, 0.5) is 0 Å². The highest BCUT2D eigenvalue weighted by molar-refractivity contribution is 7.51. The van der Waals surface area contributed by atoms with Crippen molar-refractivity contribution in [3.63, 3.8) is 0 Å². The summed E-state index contributed by atoms with van der Waals surface area (Å²) in [6, 6.07) is 18.6. The van der Waals surface area contributed by atoms with Crippen LogP contribution >= 0.6 is 19.2 Å². The number of nitrogens with zero attached hydrogens (tertiary/aromatic N) is 4. The largest absolute Gasteiger partial charge is 0.325 e. The number of benzene rings is 2. The van der Waals surface area contributed by atoms with Gasteiger partial charge in [-0.25, -0.2) is 15.0 Å². The maximum absolute atomic E-state index is 11.3. The van der Waals surface area contributed by atoms with Gasteiger partial charge in [-0.15, -0.1) is 0 Å². The first-order valence-corrected chi connectivity index (χ1v) is 13.6. The van der Waals surface area contributed by atoms with Crippen molar-refractivity contribution in [3.8, 4) is 5.69 Å². The summed E-state index contributed by atoms with van der Waals surface area (Å²) in [5.74, 6) is 1.36. The molecule has 7 nitrogen and oxygen atoms in total. The molecule has 5 rings (SSSR count). The van der Waals surface area contributed by atoms with Gasteiger partial charge in [0, 0.05) is 12.1 Å². The molecule has 2 aromatic heterocycles. The third-order valence-electron chi connectivity index (χ3n) is 6.64. The van der Waals surface area contributed by atoms with Gasteiger partial charge in [0.25, 0.3) is 0 Å². The molecule has 34 heavy (non-hydrogen) atoms. The van der Waals surface area contributed by atoms with Gasteiger partial charge in [-0.3, -0.25) is 9.13 Å². The molecule has 1 fully saturated rings. The fourth-order valence-electron chi connectivity index (χ4n) is 4.99. The molecule has 2 aromatic carbocycles. The Kier molecular flexibility index (Phi) is 6.54. The standard InChI is InChI=1S/C25H26ClN4O3P/c26-24-23-25(28-16-27-24)30(22(29-23)14-17-4-2-1-3-5-17)21-12-10-20(11-13-21)19-8-6-18(7-9-19)15-34(31,32)33/h1-5,10-13,16,18-19H,6-9,14-15H2,(H2,31,32,33)/t18-,19-. The summed E-state index contributed by atoms with van der Waals surface area (Å²) in [7, 11) is -3.94. The molecule has 0 radical (unpaired) electrons. The van der Waals surface area contributed by atoms with Gasteiger partial charge in [0.1, 0.15) is 17.7 Å². The van der Waals surface area contributed by atoms with Crippen molar-refractivity contribution in [1.82, 2.24) is 19.5 Å². The van der Waals surface area contributed by atoms with Crippen molar-refractivity contribution in [2.45, 2.75) is 38.0 Å². The zero-order valence-corrected chi connectivity index (χ0v) is 20.2. The zero-order valence-electron chi connectivity index (χ0n) is 18.6. The summed E-state index contributed by atoms with van der Waals surface area (Å²) in [5.41, 5.74) is 4.62. The fourth-order valence-corrected chi connectivity index (χ4v) is 6.20. The zero-order chi connectivity index (χ0) is 23.7. The van der Waals surface area contributed by atoms with Gasteiger partial charge in [0.15, 0.2) is 10.8 Å². The average molecular weight is 497 g/mol. The second kappa shape index (κ2) is 9.59. The molecule has 1 saturated carbocycles. The molecule has 0 amide bonds. The highest BCUT2D eigenvalue weighted by atomic mass is 35.5. The van der Waals surface area contributed by atoms with E-state index in [2.05, 4.69) is 46.4 Å². The summed E-state index contributed by atoms with van der Waals surface area (Å²) < 4.78 is 13.4. The molecule has 2 heterocycles. The monoisotopic (exact) mass is 496 g/mol. The minimum absolute atomic E-state index is 0.000962. The molecule has 1 aliphatic rings. The van der Waals surface area contributed by atoms with E-state index < -0.39 is 7.60 Å². The fraction of sp³-hybridized carbons (Fsp3) is 0.320. The third-order valence-corrected chi connectivity index (χ3v) is 7.91. The van der Waals surface area contributed by atoms with Crippen molar-refractivity contribution in [2.24, 2.45) is 5.92 Å².